The van der Waals surface area contributed by atoms with E-state index in [9.17, 15) is 9.59 Å². The van der Waals surface area contributed by atoms with Crippen LogP contribution in [0.1, 0.15) is 121 Å². The summed E-state index contributed by atoms with van der Waals surface area (Å²) in [5.41, 5.74) is 2.91. The lowest BCUT2D eigenvalue weighted by Gasteiger charge is -2.31. The summed E-state index contributed by atoms with van der Waals surface area (Å²) in [7, 11) is 0. The smallest absolute Gasteiger partial charge is 0.255 e. The Bertz CT molecular complexity index is 1060. The number of allylic oxidation sites excluding steroid dienone is 3. The first-order chi connectivity index (χ1) is 19.8. The van der Waals surface area contributed by atoms with Crippen molar-refractivity contribution >= 4 is 11.7 Å². The number of carbonyl (C=O) groups is 2. The standard InChI is InChI=1S/C25H27NO2.C9H18.2C2H6/c1-5-7-15-22(6-2)19(3)26(18-21-13-9-8-10-14-21)25(28)24-17-12-11-16-23(24)20(4)27;1-3-9-6-4-8(2)5-7-9;2*1-2/h5-17,19H,1,18H2,2-4H3;8-9H,3-7H2,1-2H3;2*1-2H3/b15-7-,22-6+;;;/t19-;;;/m0.../s1. The molecule has 3 heteroatoms. The maximum Gasteiger partial charge on any atom is 0.255 e. The number of ketones is 1. The molecule has 3 rings (SSSR count). The highest BCUT2D eigenvalue weighted by Gasteiger charge is 2.26. The summed E-state index contributed by atoms with van der Waals surface area (Å²) in [5, 5.41) is 0. The maximum absolute atomic E-state index is 13.5. The summed E-state index contributed by atoms with van der Waals surface area (Å²) < 4.78 is 0. The van der Waals surface area contributed by atoms with Crippen LogP contribution < -0.4 is 0 Å². The van der Waals surface area contributed by atoms with Crippen molar-refractivity contribution in [3.05, 3.63) is 108 Å². The molecule has 1 aliphatic rings. The molecule has 0 saturated heterocycles. The zero-order valence-corrected chi connectivity index (χ0v) is 27.5. The molecule has 0 bridgehead atoms. The molecule has 1 atom stereocenters. The zero-order chi connectivity index (χ0) is 31.2. The normalized spacial score (nSPS) is 17.0. The van der Waals surface area contributed by atoms with Gasteiger partial charge in [-0.2, -0.15) is 0 Å². The second kappa shape index (κ2) is 22.5. The maximum atomic E-state index is 13.5. The molecule has 0 aromatic heterocycles. The number of benzene rings is 2. The van der Waals surface area contributed by atoms with E-state index < -0.39 is 0 Å². The van der Waals surface area contributed by atoms with Gasteiger partial charge in [-0.15, -0.1) is 0 Å². The van der Waals surface area contributed by atoms with Gasteiger partial charge >= 0.3 is 0 Å². The van der Waals surface area contributed by atoms with Crippen molar-refractivity contribution in [2.24, 2.45) is 11.8 Å². The molecule has 2 aromatic carbocycles. The first-order valence-corrected chi connectivity index (χ1v) is 15.7. The SMILES string of the molecule is C=C/C=C\C(=C/C)[C@H](C)N(Cc1ccccc1)C(=O)c1ccccc1C(C)=O.CC.CC.CCC1CCC(C)CC1. The molecule has 0 spiro atoms. The number of rotatable bonds is 9. The van der Waals surface area contributed by atoms with Gasteiger partial charge in [-0.3, -0.25) is 9.59 Å². The Balaban J connectivity index is 0.00000103. The van der Waals surface area contributed by atoms with E-state index in [2.05, 4.69) is 20.4 Å². The largest absolute Gasteiger partial charge is 0.328 e. The number of hydrogen-bond donors (Lipinski definition) is 0. The highest BCUT2D eigenvalue weighted by Crippen LogP contribution is 2.29. The molecule has 226 valence electrons. The van der Waals surface area contributed by atoms with Crippen LogP contribution in [0, 0.1) is 11.8 Å². The van der Waals surface area contributed by atoms with Crippen LogP contribution in [0.4, 0.5) is 0 Å². The number of Topliss-reactive ketones (excluding diaryl/α,β-unsaturated/α-hetero) is 1. The predicted octanol–water partition coefficient (Wildman–Crippen LogP) is 10.9. The van der Waals surface area contributed by atoms with Crippen LogP contribution in [0.15, 0.2) is 91.1 Å². The minimum absolute atomic E-state index is 0.117. The molecule has 41 heavy (non-hydrogen) atoms. The Morgan fingerprint density at radius 1 is 0.927 bits per heavy atom. The molecule has 0 aliphatic heterocycles. The number of amides is 1. The van der Waals surface area contributed by atoms with Crippen LogP contribution in [0.2, 0.25) is 0 Å². The molecule has 1 fully saturated rings. The molecule has 0 N–H and O–H groups in total. The molecule has 3 nitrogen and oxygen atoms in total. The van der Waals surface area contributed by atoms with Gasteiger partial charge in [-0.1, -0.05) is 153 Å². The van der Waals surface area contributed by atoms with Gasteiger partial charge in [0, 0.05) is 12.1 Å². The molecule has 0 heterocycles. The van der Waals surface area contributed by atoms with Crippen LogP contribution in [0.5, 0.6) is 0 Å². The highest BCUT2D eigenvalue weighted by molar-refractivity contribution is 6.07. The van der Waals surface area contributed by atoms with Crippen molar-refractivity contribution in [3.8, 4) is 0 Å². The fourth-order valence-electron chi connectivity index (χ4n) is 4.87. The van der Waals surface area contributed by atoms with E-state index in [4.69, 9.17) is 0 Å². The van der Waals surface area contributed by atoms with Gasteiger partial charge in [0.05, 0.1) is 11.6 Å². The van der Waals surface area contributed by atoms with Crippen molar-refractivity contribution in [3.63, 3.8) is 0 Å². The van der Waals surface area contributed by atoms with E-state index in [0.717, 1.165) is 23.0 Å². The quantitative estimate of drug-likeness (QED) is 0.226. The van der Waals surface area contributed by atoms with E-state index >= 15 is 0 Å². The third-order valence-electron chi connectivity index (χ3n) is 7.41. The van der Waals surface area contributed by atoms with Gasteiger partial charge in [0.1, 0.15) is 0 Å². The molecular formula is C38H57NO2. The molecule has 1 saturated carbocycles. The molecular weight excluding hydrogens is 502 g/mol. The first-order valence-electron chi connectivity index (χ1n) is 15.7. The Labute approximate surface area is 252 Å². The zero-order valence-electron chi connectivity index (χ0n) is 27.5. The van der Waals surface area contributed by atoms with Crippen molar-refractivity contribution < 1.29 is 9.59 Å². The Kier molecular flexibility index (Phi) is 20.7. The fraction of sp³-hybridized carbons (Fsp3) is 0.474. The summed E-state index contributed by atoms with van der Waals surface area (Å²) in [6, 6.07) is 16.7. The highest BCUT2D eigenvalue weighted by atomic mass is 16.2. The summed E-state index contributed by atoms with van der Waals surface area (Å²) in [6.45, 7) is 22.3. The van der Waals surface area contributed by atoms with Gasteiger partial charge in [0.15, 0.2) is 5.78 Å². The number of nitrogens with zero attached hydrogens (tertiary/aromatic N) is 1. The Morgan fingerprint density at radius 2 is 1.46 bits per heavy atom. The lowest BCUT2D eigenvalue weighted by Crippen LogP contribution is -2.39. The molecule has 0 unspecified atom stereocenters. The third kappa shape index (κ3) is 13.3. The van der Waals surface area contributed by atoms with E-state index in [1.165, 1.54) is 39.0 Å². The Hall–Kier alpha value is -3.20. The second-order valence-electron chi connectivity index (χ2n) is 10.1. The van der Waals surface area contributed by atoms with Crippen LogP contribution in [0.25, 0.3) is 0 Å². The molecule has 1 aliphatic carbocycles. The monoisotopic (exact) mass is 559 g/mol. The third-order valence-corrected chi connectivity index (χ3v) is 7.41. The van der Waals surface area contributed by atoms with Crippen LogP contribution in [-0.4, -0.2) is 22.6 Å². The Morgan fingerprint density at radius 3 is 1.95 bits per heavy atom. The second-order valence-corrected chi connectivity index (χ2v) is 10.1. The topological polar surface area (TPSA) is 37.4 Å². The average Bonchev–Trinajstić information content (AvgIpc) is 3.03. The van der Waals surface area contributed by atoms with Crippen LogP contribution >= 0.6 is 0 Å². The van der Waals surface area contributed by atoms with Gasteiger partial charge in [-0.25, -0.2) is 0 Å². The minimum Gasteiger partial charge on any atom is -0.328 e. The van der Waals surface area contributed by atoms with Crippen molar-refractivity contribution in [1.29, 1.82) is 0 Å². The summed E-state index contributed by atoms with van der Waals surface area (Å²) in [4.78, 5) is 27.4. The summed E-state index contributed by atoms with van der Waals surface area (Å²) in [6.07, 6.45) is 14.9. The first kappa shape index (κ1) is 37.8. The average molecular weight is 560 g/mol. The van der Waals surface area contributed by atoms with E-state index in [1.54, 1.807) is 35.2 Å². The van der Waals surface area contributed by atoms with Gasteiger partial charge in [0.25, 0.3) is 5.91 Å². The minimum atomic E-state index is -0.172. The summed E-state index contributed by atoms with van der Waals surface area (Å²) >= 11 is 0. The lowest BCUT2D eigenvalue weighted by molar-refractivity contribution is 0.0700. The van der Waals surface area contributed by atoms with Crippen LogP contribution in [-0.2, 0) is 6.54 Å². The van der Waals surface area contributed by atoms with Crippen molar-refractivity contribution in [1.82, 2.24) is 4.90 Å². The molecule has 0 radical (unpaired) electrons. The van der Waals surface area contributed by atoms with Gasteiger partial charge in [0.2, 0.25) is 0 Å². The van der Waals surface area contributed by atoms with Gasteiger partial charge < -0.3 is 4.90 Å². The predicted molar refractivity (Wildman–Crippen MR) is 179 cm³/mol. The van der Waals surface area contributed by atoms with E-state index in [0.29, 0.717) is 17.7 Å². The lowest BCUT2D eigenvalue weighted by atomic mass is 9.82. The molecule has 2 aromatic rings. The number of carbonyl (C=O) groups excluding carboxylic acids is 2. The van der Waals surface area contributed by atoms with E-state index in [-0.39, 0.29) is 17.7 Å². The van der Waals surface area contributed by atoms with Gasteiger partial charge in [-0.05, 0) is 49.8 Å². The van der Waals surface area contributed by atoms with Crippen molar-refractivity contribution in [2.75, 3.05) is 0 Å². The summed E-state index contributed by atoms with van der Waals surface area (Å²) in [5.74, 6) is 1.82. The molecule has 1 amide bonds. The van der Waals surface area contributed by atoms with E-state index in [1.807, 2.05) is 90.1 Å². The van der Waals surface area contributed by atoms with Crippen molar-refractivity contribution in [2.45, 2.75) is 107 Å². The fourth-order valence-corrected chi connectivity index (χ4v) is 4.87. The number of hydrogen-bond acceptors (Lipinski definition) is 2. The van der Waals surface area contributed by atoms with Crippen LogP contribution in [0.3, 0.4) is 0 Å².